The zero-order valence-electron chi connectivity index (χ0n) is 14.9. The van der Waals surface area contributed by atoms with Crippen molar-refractivity contribution in [1.82, 2.24) is 25.0 Å². The summed E-state index contributed by atoms with van der Waals surface area (Å²) in [5, 5.41) is 6.45. The molecule has 10 heteroatoms. The molecule has 1 saturated heterocycles. The molecule has 0 bridgehead atoms. The molecule has 1 aromatic heterocycles. The Morgan fingerprint density at radius 3 is 2.85 bits per heavy atom. The van der Waals surface area contributed by atoms with Gasteiger partial charge in [0.15, 0.2) is 0 Å². The number of carbonyl (C=O) groups is 2. The molecular weight excluding hydrogens is 354 g/mol. The molecular formula is C17H21N5O5. The van der Waals surface area contributed by atoms with E-state index in [1.54, 1.807) is 15.9 Å². The minimum atomic E-state index is -0.633. The Kier molecular flexibility index (Phi) is 6.21. The number of aromatic nitrogens is 3. The fourth-order valence-electron chi connectivity index (χ4n) is 2.60. The van der Waals surface area contributed by atoms with Crippen LogP contribution in [0.1, 0.15) is 0 Å². The summed E-state index contributed by atoms with van der Waals surface area (Å²) in [7, 11) is 1.25. The summed E-state index contributed by atoms with van der Waals surface area (Å²) in [6.45, 7) is 1.51. The SMILES string of the molecule is COC(=O)NCC(=O)N1CCOC(COc2ccc(-n3cncn3)cc2)C1. The lowest BCUT2D eigenvalue weighted by molar-refractivity contribution is -0.138. The maximum absolute atomic E-state index is 12.1. The van der Waals surface area contributed by atoms with Crippen LogP contribution in [0.5, 0.6) is 5.75 Å². The zero-order chi connectivity index (χ0) is 19.1. The standard InChI is InChI=1S/C17H21N5O5/c1-25-17(24)19-8-16(23)21-6-7-26-15(9-21)10-27-14-4-2-13(3-5-14)22-12-18-11-20-22/h2-5,11-12,15H,6-10H2,1H3,(H,19,24). The van der Waals surface area contributed by atoms with Crippen molar-refractivity contribution in [1.29, 1.82) is 0 Å². The van der Waals surface area contributed by atoms with Crippen molar-refractivity contribution in [3.05, 3.63) is 36.9 Å². The minimum Gasteiger partial charge on any atom is -0.491 e. The highest BCUT2D eigenvalue weighted by atomic mass is 16.5. The number of amides is 2. The molecule has 1 unspecified atom stereocenters. The second kappa shape index (κ2) is 8.99. The molecule has 0 spiro atoms. The van der Waals surface area contributed by atoms with E-state index in [2.05, 4.69) is 20.1 Å². The molecule has 27 heavy (non-hydrogen) atoms. The molecule has 2 amide bonds. The van der Waals surface area contributed by atoms with Gasteiger partial charge < -0.3 is 24.4 Å². The first-order valence-electron chi connectivity index (χ1n) is 8.45. The highest BCUT2D eigenvalue weighted by molar-refractivity contribution is 5.82. The van der Waals surface area contributed by atoms with Crippen LogP contribution in [0.15, 0.2) is 36.9 Å². The van der Waals surface area contributed by atoms with Gasteiger partial charge in [-0.25, -0.2) is 14.5 Å². The van der Waals surface area contributed by atoms with E-state index in [0.717, 1.165) is 5.69 Å². The number of benzene rings is 1. The maximum Gasteiger partial charge on any atom is 0.407 e. The van der Waals surface area contributed by atoms with Crippen LogP contribution in [0.25, 0.3) is 5.69 Å². The van der Waals surface area contributed by atoms with Gasteiger partial charge in [0, 0.05) is 6.54 Å². The number of methoxy groups -OCH3 is 1. The molecule has 144 valence electrons. The molecule has 3 rings (SSSR count). The minimum absolute atomic E-state index is 0.107. The molecule has 0 aliphatic carbocycles. The summed E-state index contributed by atoms with van der Waals surface area (Å²) in [4.78, 5) is 28.7. The zero-order valence-corrected chi connectivity index (χ0v) is 14.9. The maximum atomic E-state index is 12.1. The molecule has 1 N–H and O–H groups in total. The Balaban J connectivity index is 1.46. The van der Waals surface area contributed by atoms with Gasteiger partial charge in [0.05, 0.1) is 25.9 Å². The van der Waals surface area contributed by atoms with Crippen LogP contribution in [0.4, 0.5) is 4.79 Å². The van der Waals surface area contributed by atoms with Crippen LogP contribution in [0, 0.1) is 0 Å². The number of alkyl carbamates (subject to hydrolysis) is 1. The Bertz CT molecular complexity index is 750. The molecule has 0 radical (unpaired) electrons. The van der Waals surface area contributed by atoms with Crippen LogP contribution in [-0.4, -0.2) is 77.7 Å². The molecule has 1 atom stereocenters. The third-order valence-electron chi connectivity index (χ3n) is 4.02. The molecule has 2 aromatic rings. The van der Waals surface area contributed by atoms with Crippen LogP contribution in [0.3, 0.4) is 0 Å². The van der Waals surface area contributed by atoms with Gasteiger partial charge in [-0.2, -0.15) is 5.10 Å². The third kappa shape index (κ3) is 5.17. The monoisotopic (exact) mass is 375 g/mol. The Morgan fingerprint density at radius 2 is 2.15 bits per heavy atom. The number of morpholine rings is 1. The topological polar surface area (TPSA) is 108 Å². The molecule has 10 nitrogen and oxygen atoms in total. The number of carbonyl (C=O) groups excluding carboxylic acids is 2. The lowest BCUT2D eigenvalue weighted by Crippen LogP contribution is -2.50. The van der Waals surface area contributed by atoms with E-state index < -0.39 is 6.09 Å². The summed E-state index contributed by atoms with van der Waals surface area (Å²) in [6.07, 6.45) is 2.21. The highest BCUT2D eigenvalue weighted by Gasteiger charge is 2.25. The fraction of sp³-hybridized carbons (Fsp3) is 0.412. The number of nitrogens with zero attached hydrogens (tertiary/aromatic N) is 4. The van der Waals surface area contributed by atoms with E-state index >= 15 is 0 Å². The molecule has 0 saturated carbocycles. The van der Waals surface area contributed by atoms with E-state index in [1.165, 1.54) is 13.4 Å². The van der Waals surface area contributed by atoms with Gasteiger partial charge in [0.25, 0.3) is 0 Å². The lowest BCUT2D eigenvalue weighted by Gasteiger charge is -2.32. The fourth-order valence-corrected chi connectivity index (χ4v) is 2.60. The van der Waals surface area contributed by atoms with Crippen molar-refractivity contribution in [3.8, 4) is 11.4 Å². The van der Waals surface area contributed by atoms with Crippen molar-refractivity contribution < 1.29 is 23.8 Å². The molecule has 1 aliphatic heterocycles. The van der Waals surface area contributed by atoms with Crippen molar-refractivity contribution in [2.45, 2.75) is 6.10 Å². The summed E-state index contributed by atoms with van der Waals surface area (Å²) in [6, 6.07) is 7.42. The van der Waals surface area contributed by atoms with Gasteiger partial charge in [-0.1, -0.05) is 0 Å². The van der Waals surface area contributed by atoms with Crippen molar-refractivity contribution in [2.75, 3.05) is 40.0 Å². The van der Waals surface area contributed by atoms with E-state index in [4.69, 9.17) is 9.47 Å². The number of nitrogens with one attached hydrogen (secondary N) is 1. The second-order valence-electron chi connectivity index (χ2n) is 5.82. The number of hydrogen-bond acceptors (Lipinski definition) is 7. The summed E-state index contributed by atoms with van der Waals surface area (Å²) < 4.78 is 17.5. The van der Waals surface area contributed by atoms with Crippen molar-refractivity contribution in [2.24, 2.45) is 0 Å². The molecule has 1 fully saturated rings. The summed E-state index contributed by atoms with van der Waals surface area (Å²) in [5.74, 6) is 0.504. The summed E-state index contributed by atoms with van der Waals surface area (Å²) in [5.41, 5.74) is 0.878. The average molecular weight is 375 g/mol. The predicted octanol–water partition coefficient (Wildman–Crippen LogP) is 0.230. The molecule has 2 heterocycles. The van der Waals surface area contributed by atoms with Crippen LogP contribution in [-0.2, 0) is 14.3 Å². The van der Waals surface area contributed by atoms with Crippen LogP contribution < -0.4 is 10.1 Å². The van der Waals surface area contributed by atoms with Gasteiger partial charge in [-0.3, -0.25) is 4.79 Å². The number of hydrogen-bond donors (Lipinski definition) is 1. The van der Waals surface area contributed by atoms with E-state index in [0.29, 0.717) is 32.1 Å². The Labute approximate surface area is 156 Å². The average Bonchev–Trinajstić information content (AvgIpc) is 3.25. The van der Waals surface area contributed by atoms with Crippen molar-refractivity contribution in [3.63, 3.8) is 0 Å². The van der Waals surface area contributed by atoms with Gasteiger partial charge >= 0.3 is 6.09 Å². The normalized spacial score (nSPS) is 16.6. The van der Waals surface area contributed by atoms with E-state index in [9.17, 15) is 9.59 Å². The van der Waals surface area contributed by atoms with Gasteiger partial charge in [0.1, 0.15) is 37.7 Å². The predicted molar refractivity (Wildman–Crippen MR) is 93.6 cm³/mol. The molecule has 1 aliphatic rings. The Hall–Kier alpha value is -3.14. The first-order chi connectivity index (χ1) is 13.2. The van der Waals surface area contributed by atoms with Gasteiger partial charge in [0.2, 0.25) is 5.91 Å². The quantitative estimate of drug-likeness (QED) is 0.770. The largest absolute Gasteiger partial charge is 0.491 e. The van der Waals surface area contributed by atoms with E-state index in [1.807, 2.05) is 24.3 Å². The third-order valence-corrected chi connectivity index (χ3v) is 4.02. The highest BCUT2D eigenvalue weighted by Crippen LogP contribution is 2.16. The first kappa shape index (κ1) is 18.6. The first-order valence-corrected chi connectivity index (χ1v) is 8.45. The lowest BCUT2D eigenvalue weighted by atomic mass is 10.2. The van der Waals surface area contributed by atoms with E-state index in [-0.39, 0.29) is 18.6 Å². The Morgan fingerprint density at radius 1 is 1.33 bits per heavy atom. The second-order valence-corrected chi connectivity index (χ2v) is 5.82. The van der Waals surface area contributed by atoms with Crippen LogP contribution >= 0.6 is 0 Å². The number of rotatable bonds is 6. The van der Waals surface area contributed by atoms with Crippen LogP contribution in [0.2, 0.25) is 0 Å². The number of ether oxygens (including phenoxy) is 3. The van der Waals surface area contributed by atoms with Crippen molar-refractivity contribution >= 4 is 12.0 Å². The van der Waals surface area contributed by atoms with Gasteiger partial charge in [-0.05, 0) is 24.3 Å². The summed E-state index contributed by atoms with van der Waals surface area (Å²) >= 11 is 0. The smallest absolute Gasteiger partial charge is 0.407 e. The molecule has 1 aromatic carbocycles. The van der Waals surface area contributed by atoms with Gasteiger partial charge in [-0.15, -0.1) is 0 Å².